The van der Waals surface area contributed by atoms with E-state index in [4.69, 9.17) is 25.8 Å². The molecule has 0 atom stereocenters. The summed E-state index contributed by atoms with van der Waals surface area (Å²) in [6.07, 6.45) is 1.52. The number of ether oxygens (including phenoxy) is 3. The van der Waals surface area contributed by atoms with Crippen molar-refractivity contribution in [2.45, 2.75) is 13.5 Å². The van der Waals surface area contributed by atoms with E-state index in [1.165, 1.54) is 24.3 Å². The Hall–Kier alpha value is -3.21. The summed E-state index contributed by atoms with van der Waals surface area (Å²) in [5, 5.41) is 11.3. The Morgan fingerprint density at radius 3 is 2.56 bits per heavy atom. The number of halogens is 3. The lowest BCUT2D eigenvalue weighted by Gasteiger charge is -2.15. The topological polar surface area (TPSA) is 100 Å². The van der Waals surface area contributed by atoms with E-state index in [0.29, 0.717) is 34.7 Å². The van der Waals surface area contributed by atoms with Gasteiger partial charge >= 0.3 is 5.97 Å². The molecule has 0 spiro atoms. The molecule has 3 aromatic carbocycles. The fraction of sp³-hybridized carbons (Fsp3) is 0.120. The number of cyclic esters (lactones) is 1. The summed E-state index contributed by atoms with van der Waals surface area (Å²) >= 11 is 13.1. The van der Waals surface area contributed by atoms with Crippen LogP contribution in [0.1, 0.15) is 23.6 Å². The average Bonchev–Trinajstić information content (AvgIpc) is 3.19. The third kappa shape index (κ3) is 5.95. The maximum atomic E-state index is 12.5. The van der Waals surface area contributed by atoms with Gasteiger partial charge in [-0.1, -0.05) is 39.7 Å². The largest absolute Gasteiger partial charge is 0.490 e. The Balaban J connectivity index is 1.63. The van der Waals surface area contributed by atoms with Crippen LogP contribution < -0.4 is 9.47 Å². The number of hydrogen-bond donors (Lipinski definition) is 0. The van der Waals surface area contributed by atoms with Gasteiger partial charge in [-0.05, 0) is 70.4 Å². The first-order valence-electron chi connectivity index (χ1n) is 10.6. The van der Waals surface area contributed by atoms with Gasteiger partial charge in [0.05, 0.1) is 26.6 Å². The summed E-state index contributed by atoms with van der Waals surface area (Å²) in [4.78, 5) is 27.2. The number of aliphatic imine (C=N–C) groups is 1. The lowest BCUT2D eigenvalue weighted by atomic mass is 10.1. The number of nitrogens with zero attached hydrogens (tertiary/aromatic N) is 2. The Morgan fingerprint density at radius 1 is 1.11 bits per heavy atom. The number of benzene rings is 3. The van der Waals surface area contributed by atoms with Crippen LogP contribution >= 0.6 is 43.5 Å². The van der Waals surface area contributed by atoms with E-state index in [1.54, 1.807) is 12.1 Å². The molecule has 184 valence electrons. The Kier molecular flexibility index (Phi) is 8.07. The standard InChI is InChI=1S/C25H17Br2ClN2O6/c1-2-34-22-11-15(9-19(27)23(22)35-13-14-3-5-16(26)6-4-14)10-21-25(31)36-24(29-21)18-12-17(30(32)33)7-8-20(18)28/h3-12H,2,13H2,1H3/b21-10-. The van der Waals surface area contributed by atoms with Crippen LogP contribution in [0.5, 0.6) is 11.5 Å². The molecular formula is C25H17Br2ClN2O6. The van der Waals surface area contributed by atoms with Gasteiger partial charge in [-0.15, -0.1) is 0 Å². The number of rotatable bonds is 8. The van der Waals surface area contributed by atoms with Crippen molar-refractivity contribution in [3.05, 3.63) is 101 Å². The van der Waals surface area contributed by atoms with Gasteiger partial charge in [0.2, 0.25) is 5.90 Å². The summed E-state index contributed by atoms with van der Waals surface area (Å²) in [5.74, 6) is 0.173. The molecule has 0 radical (unpaired) electrons. The van der Waals surface area contributed by atoms with Crippen molar-refractivity contribution in [1.82, 2.24) is 0 Å². The predicted molar refractivity (Wildman–Crippen MR) is 142 cm³/mol. The SMILES string of the molecule is CCOc1cc(/C=C2\N=C(c3cc([N+](=O)[O-])ccc3Cl)OC2=O)cc(Br)c1OCc1ccc(Br)cc1. The molecule has 0 amide bonds. The van der Waals surface area contributed by atoms with Crippen LogP contribution in [0.15, 0.2) is 74.2 Å². The van der Waals surface area contributed by atoms with Crippen LogP contribution in [0, 0.1) is 10.1 Å². The molecule has 1 aliphatic heterocycles. The van der Waals surface area contributed by atoms with Gasteiger partial charge in [0.1, 0.15) is 6.61 Å². The zero-order chi connectivity index (χ0) is 25.8. The van der Waals surface area contributed by atoms with Gasteiger partial charge in [0, 0.05) is 16.6 Å². The quantitative estimate of drug-likeness (QED) is 0.113. The van der Waals surface area contributed by atoms with Crippen molar-refractivity contribution in [2.24, 2.45) is 4.99 Å². The van der Waals surface area contributed by atoms with Crippen molar-refractivity contribution in [1.29, 1.82) is 0 Å². The first kappa shape index (κ1) is 25.9. The molecule has 3 aromatic rings. The first-order chi connectivity index (χ1) is 17.2. The number of hydrogen-bond acceptors (Lipinski definition) is 7. The summed E-state index contributed by atoms with van der Waals surface area (Å²) in [5.41, 5.74) is 1.54. The second kappa shape index (κ2) is 11.2. The molecule has 0 unspecified atom stereocenters. The van der Waals surface area contributed by atoms with E-state index in [9.17, 15) is 14.9 Å². The smallest absolute Gasteiger partial charge is 0.363 e. The molecule has 0 fully saturated rings. The highest BCUT2D eigenvalue weighted by Crippen LogP contribution is 2.38. The first-order valence-corrected chi connectivity index (χ1v) is 12.5. The third-order valence-electron chi connectivity index (χ3n) is 4.94. The summed E-state index contributed by atoms with van der Waals surface area (Å²) in [6.45, 7) is 2.58. The van der Waals surface area contributed by atoms with Gasteiger partial charge < -0.3 is 14.2 Å². The number of non-ortho nitro benzene ring substituents is 1. The van der Waals surface area contributed by atoms with Crippen molar-refractivity contribution in [2.75, 3.05) is 6.61 Å². The summed E-state index contributed by atoms with van der Waals surface area (Å²) in [6, 6.07) is 15.1. The van der Waals surface area contributed by atoms with Crippen LogP contribution in [-0.2, 0) is 16.1 Å². The van der Waals surface area contributed by atoms with Crippen molar-refractivity contribution in [3.63, 3.8) is 0 Å². The van der Waals surface area contributed by atoms with Crippen LogP contribution in [-0.4, -0.2) is 23.4 Å². The molecule has 0 aromatic heterocycles. The highest BCUT2D eigenvalue weighted by atomic mass is 79.9. The van der Waals surface area contributed by atoms with E-state index in [-0.39, 0.29) is 27.9 Å². The molecule has 1 heterocycles. The van der Waals surface area contributed by atoms with Crippen LogP contribution in [0.2, 0.25) is 5.02 Å². The van der Waals surface area contributed by atoms with E-state index < -0.39 is 10.9 Å². The maximum absolute atomic E-state index is 12.5. The van der Waals surface area contributed by atoms with Gasteiger partial charge in [-0.25, -0.2) is 9.79 Å². The molecule has 0 bridgehead atoms. The zero-order valence-electron chi connectivity index (χ0n) is 18.7. The molecule has 0 saturated heterocycles. The number of carbonyl (C=O) groups excluding carboxylic acids is 1. The highest BCUT2D eigenvalue weighted by Gasteiger charge is 2.27. The lowest BCUT2D eigenvalue weighted by molar-refractivity contribution is -0.384. The molecule has 11 heteroatoms. The normalized spacial score (nSPS) is 13.9. The molecule has 1 aliphatic rings. The van der Waals surface area contributed by atoms with Gasteiger partial charge in [0.25, 0.3) is 5.69 Å². The second-order valence-corrected chi connectivity index (χ2v) is 9.61. The van der Waals surface area contributed by atoms with E-state index in [1.807, 2.05) is 31.2 Å². The van der Waals surface area contributed by atoms with Gasteiger partial charge in [-0.2, -0.15) is 0 Å². The molecule has 8 nitrogen and oxygen atoms in total. The number of nitro groups is 1. The van der Waals surface area contributed by atoms with E-state index in [2.05, 4.69) is 36.9 Å². The van der Waals surface area contributed by atoms with E-state index >= 15 is 0 Å². The number of carbonyl (C=O) groups is 1. The predicted octanol–water partition coefficient (Wildman–Crippen LogP) is 7.10. The maximum Gasteiger partial charge on any atom is 0.363 e. The molecule has 0 saturated carbocycles. The minimum Gasteiger partial charge on any atom is -0.490 e. The molecule has 0 aliphatic carbocycles. The minimum absolute atomic E-state index is 0.00505. The Labute approximate surface area is 227 Å². The fourth-order valence-corrected chi connectivity index (χ4v) is 4.32. The van der Waals surface area contributed by atoms with Gasteiger partial charge in [-0.3, -0.25) is 10.1 Å². The summed E-state index contributed by atoms with van der Waals surface area (Å²) < 4.78 is 18.6. The van der Waals surface area contributed by atoms with Crippen molar-refractivity contribution < 1.29 is 23.9 Å². The zero-order valence-corrected chi connectivity index (χ0v) is 22.6. The van der Waals surface area contributed by atoms with Crippen LogP contribution in [0.3, 0.4) is 0 Å². The number of esters is 1. The Bertz CT molecular complexity index is 1410. The van der Waals surface area contributed by atoms with Gasteiger partial charge in [0.15, 0.2) is 17.2 Å². The fourth-order valence-electron chi connectivity index (χ4n) is 3.28. The van der Waals surface area contributed by atoms with Crippen LogP contribution in [0.25, 0.3) is 6.08 Å². The summed E-state index contributed by atoms with van der Waals surface area (Å²) in [7, 11) is 0. The monoisotopic (exact) mass is 634 g/mol. The third-order valence-corrected chi connectivity index (χ3v) is 6.39. The number of nitro benzene ring substituents is 1. The van der Waals surface area contributed by atoms with Crippen molar-refractivity contribution in [3.8, 4) is 11.5 Å². The average molecular weight is 637 g/mol. The minimum atomic E-state index is -0.711. The Morgan fingerprint density at radius 2 is 1.86 bits per heavy atom. The molecular weight excluding hydrogens is 620 g/mol. The van der Waals surface area contributed by atoms with Crippen LogP contribution in [0.4, 0.5) is 5.69 Å². The molecule has 0 N–H and O–H groups in total. The van der Waals surface area contributed by atoms with E-state index in [0.717, 1.165) is 10.0 Å². The highest BCUT2D eigenvalue weighted by molar-refractivity contribution is 9.10. The molecule has 36 heavy (non-hydrogen) atoms. The molecule has 4 rings (SSSR count). The van der Waals surface area contributed by atoms with Crippen molar-refractivity contribution >= 4 is 67.1 Å². The second-order valence-electron chi connectivity index (χ2n) is 7.44. The lowest BCUT2D eigenvalue weighted by Crippen LogP contribution is -2.06.